The number of alkyl halides is 3. The Morgan fingerprint density at radius 3 is 2.52 bits per heavy atom. The van der Waals surface area contributed by atoms with E-state index in [0.29, 0.717) is 6.07 Å². The molecule has 0 aliphatic heterocycles. The zero-order valence-electron chi connectivity index (χ0n) is 11.2. The van der Waals surface area contributed by atoms with Gasteiger partial charge in [0.25, 0.3) is 10.0 Å². The molecule has 3 rings (SSSR count). The number of hydrogen-bond acceptors (Lipinski definition) is 5. The summed E-state index contributed by atoms with van der Waals surface area (Å²) in [6.07, 6.45) is -4.57. The molecule has 120 valence electrons. The van der Waals surface area contributed by atoms with Crippen LogP contribution in [0.5, 0.6) is 0 Å². The van der Waals surface area contributed by atoms with Crippen molar-refractivity contribution in [3.63, 3.8) is 0 Å². The molecule has 0 atom stereocenters. The number of fused-ring (bicyclic) bond motifs is 1. The van der Waals surface area contributed by atoms with Crippen LogP contribution in [0.2, 0.25) is 0 Å². The van der Waals surface area contributed by atoms with E-state index in [4.69, 9.17) is 0 Å². The molecule has 0 bridgehead atoms. The fourth-order valence-corrected chi connectivity index (χ4v) is 3.17. The Balaban J connectivity index is 2.01. The molecule has 1 heterocycles. The highest BCUT2D eigenvalue weighted by Crippen LogP contribution is 2.31. The van der Waals surface area contributed by atoms with E-state index in [2.05, 4.69) is 19.7 Å². The largest absolute Gasteiger partial charge is 0.416 e. The number of aromatic nitrogens is 2. The average molecular weight is 343 g/mol. The highest BCUT2D eigenvalue weighted by atomic mass is 32.2. The van der Waals surface area contributed by atoms with Gasteiger partial charge in [0, 0.05) is 5.69 Å². The Bertz CT molecular complexity index is 967. The minimum absolute atomic E-state index is 0.00743. The van der Waals surface area contributed by atoms with Gasteiger partial charge in [-0.1, -0.05) is 12.1 Å². The predicted octanol–water partition coefficient (Wildman–Crippen LogP) is 3.04. The summed E-state index contributed by atoms with van der Waals surface area (Å²) in [5, 5.41) is 7.02. The number of rotatable bonds is 3. The van der Waals surface area contributed by atoms with Crippen molar-refractivity contribution in [1.29, 1.82) is 0 Å². The van der Waals surface area contributed by atoms with Gasteiger partial charge in [0.15, 0.2) is 5.52 Å². The molecule has 23 heavy (non-hydrogen) atoms. The molecule has 0 aliphatic carbocycles. The van der Waals surface area contributed by atoms with Crippen LogP contribution in [0.3, 0.4) is 0 Å². The summed E-state index contributed by atoms with van der Waals surface area (Å²) in [7, 11) is -4.15. The monoisotopic (exact) mass is 343 g/mol. The Morgan fingerprint density at radius 2 is 1.78 bits per heavy atom. The van der Waals surface area contributed by atoms with Crippen LogP contribution < -0.4 is 4.72 Å². The van der Waals surface area contributed by atoms with Crippen molar-refractivity contribution < 1.29 is 26.2 Å². The normalized spacial score (nSPS) is 12.5. The van der Waals surface area contributed by atoms with Crippen LogP contribution in [-0.4, -0.2) is 18.7 Å². The maximum absolute atomic E-state index is 12.7. The number of sulfonamides is 1. The number of benzene rings is 2. The first-order chi connectivity index (χ1) is 10.8. The molecule has 6 nitrogen and oxygen atoms in total. The van der Waals surface area contributed by atoms with Gasteiger partial charge >= 0.3 is 6.18 Å². The third-order valence-corrected chi connectivity index (χ3v) is 4.39. The summed E-state index contributed by atoms with van der Waals surface area (Å²) in [4.78, 5) is -0.242. The van der Waals surface area contributed by atoms with Crippen LogP contribution in [-0.2, 0) is 16.2 Å². The van der Waals surface area contributed by atoms with E-state index in [0.717, 1.165) is 12.1 Å². The molecular weight excluding hydrogens is 335 g/mol. The third kappa shape index (κ3) is 2.97. The van der Waals surface area contributed by atoms with Gasteiger partial charge in [-0.2, -0.15) is 13.2 Å². The molecule has 1 aromatic heterocycles. The molecule has 1 N–H and O–H groups in total. The third-order valence-electron chi connectivity index (χ3n) is 2.98. The number of nitrogens with one attached hydrogen (secondary N) is 1. The molecule has 0 fully saturated rings. The van der Waals surface area contributed by atoms with E-state index in [-0.39, 0.29) is 21.6 Å². The van der Waals surface area contributed by atoms with E-state index in [9.17, 15) is 21.6 Å². The van der Waals surface area contributed by atoms with Crippen LogP contribution in [0.1, 0.15) is 5.56 Å². The Kier molecular flexibility index (Phi) is 3.48. The molecular formula is C13H8F3N3O3S. The van der Waals surface area contributed by atoms with Crippen LogP contribution in [0.15, 0.2) is 52.0 Å². The fourth-order valence-electron chi connectivity index (χ4n) is 1.97. The molecule has 0 spiro atoms. The lowest BCUT2D eigenvalue weighted by molar-refractivity contribution is -0.137. The zero-order valence-corrected chi connectivity index (χ0v) is 12.0. The quantitative estimate of drug-likeness (QED) is 0.790. The summed E-state index contributed by atoms with van der Waals surface area (Å²) in [5.74, 6) is 0. The number of halogens is 3. The molecule has 0 saturated carbocycles. The summed E-state index contributed by atoms with van der Waals surface area (Å²) in [6.45, 7) is 0. The Hall–Kier alpha value is -2.62. The van der Waals surface area contributed by atoms with E-state index >= 15 is 0 Å². The topological polar surface area (TPSA) is 85.1 Å². The van der Waals surface area contributed by atoms with Crippen molar-refractivity contribution in [3.8, 4) is 0 Å². The summed E-state index contributed by atoms with van der Waals surface area (Å²) >= 11 is 0. The van der Waals surface area contributed by atoms with Crippen LogP contribution in [0, 0.1) is 0 Å². The lowest BCUT2D eigenvalue weighted by Crippen LogP contribution is -2.14. The minimum atomic E-state index is -4.57. The van der Waals surface area contributed by atoms with Crippen molar-refractivity contribution in [2.24, 2.45) is 0 Å². The van der Waals surface area contributed by atoms with Gasteiger partial charge in [0.2, 0.25) is 0 Å². The smallest absolute Gasteiger partial charge is 0.280 e. The second-order valence-electron chi connectivity index (χ2n) is 4.57. The standard InChI is InChI=1S/C13H8F3N3O3S/c14-13(15,16)8-3-1-4-9(7-8)19-23(20,21)11-6-2-5-10-12(11)18-22-17-10/h1-7,19H. The Labute approximate surface area is 127 Å². The first-order valence-electron chi connectivity index (χ1n) is 6.19. The lowest BCUT2D eigenvalue weighted by atomic mass is 10.2. The molecule has 0 radical (unpaired) electrons. The first kappa shape index (κ1) is 15.3. The van der Waals surface area contributed by atoms with Gasteiger partial charge in [-0.25, -0.2) is 13.0 Å². The second-order valence-corrected chi connectivity index (χ2v) is 6.22. The summed E-state index contributed by atoms with van der Waals surface area (Å²) in [5.41, 5.74) is -0.962. The lowest BCUT2D eigenvalue weighted by Gasteiger charge is -2.11. The second kappa shape index (κ2) is 5.23. The van der Waals surface area contributed by atoms with E-state index in [1.54, 1.807) is 0 Å². The SMILES string of the molecule is O=S(=O)(Nc1cccc(C(F)(F)F)c1)c1cccc2nonc12. The number of anilines is 1. The van der Waals surface area contributed by atoms with Crippen LogP contribution in [0.25, 0.3) is 11.0 Å². The van der Waals surface area contributed by atoms with Gasteiger partial charge < -0.3 is 0 Å². The molecule has 3 aromatic rings. The first-order valence-corrected chi connectivity index (χ1v) is 7.67. The van der Waals surface area contributed by atoms with Crippen molar-refractivity contribution >= 4 is 26.7 Å². The maximum Gasteiger partial charge on any atom is 0.416 e. The molecule has 0 saturated heterocycles. The van der Waals surface area contributed by atoms with E-state index < -0.39 is 21.8 Å². The van der Waals surface area contributed by atoms with Gasteiger partial charge in [-0.3, -0.25) is 4.72 Å². The zero-order chi connectivity index (χ0) is 16.7. The minimum Gasteiger partial charge on any atom is -0.280 e. The number of nitrogens with zero attached hydrogens (tertiary/aromatic N) is 2. The molecule has 0 amide bonds. The summed E-state index contributed by atoms with van der Waals surface area (Å²) < 4.78 is 69.4. The molecule has 0 aliphatic rings. The average Bonchev–Trinajstić information content (AvgIpc) is 2.94. The van der Waals surface area contributed by atoms with Gasteiger partial charge in [0.05, 0.1) is 5.56 Å². The van der Waals surface area contributed by atoms with Crippen molar-refractivity contribution in [2.75, 3.05) is 4.72 Å². The molecule has 2 aromatic carbocycles. The highest BCUT2D eigenvalue weighted by molar-refractivity contribution is 7.93. The maximum atomic E-state index is 12.7. The highest BCUT2D eigenvalue weighted by Gasteiger charge is 2.31. The van der Waals surface area contributed by atoms with Crippen molar-refractivity contribution in [1.82, 2.24) is 10.3 Å². The van der Waals surface area contributed by atoms with Gasteiger partial charge in [-0.15, -0.1) is 0 Å². The van der Waals surface area contributed by atoms with E-state index in [1.165, 1.54) is 24.3 Å². The predicted molar refractivity (Wildman–Crippen MR) is 74.1 cm³/mol. The van der Waals surface area contributed by atoms with Gasteiger partial charge in [0.1, 0.15) is 10.4 Å². The Morgan fingerprint density at radius 1 is 1.04 bits per heavy atom. The molecule has 10 heteroatoms. The van der Waals surface area contributed by atoms with Crippen molar-refractivity contribution in [2.45, 2.75) is 11.1 Å². The van der Waals surface area contributed by atoms with E-state index in [1.807, 2.05) is 0 Å². The van der Waals surface area contributed by atoms with Crippen LogP contribution in [0.4, 0.5) is 18.9 Å². The van der Waals surface area contributed by atoms with Gasteiger partial charge in [-0.05, 0) is 40.6 Å². The fraction of sp³-hybridized carbons (Fsp3) is 0.0769. The van der Waals surface area contributed by atoms with Crippen LogP contribution >= 0.6 is 0 Å². The summed E-state index contributed by atoms with van der Waals surface area (Å²) in [6, 6.07) is 8.05. The molecule has 0 unspecified atom stereocenters. The van der Waals surface area contributed by atoms with Crippen molar-refractivity contribution in [3.05, 3.63) is 48.0 Å². The number of hydrogen-bond donors (Lipinski definition) is 1.